The summed E-state index contributed by atoms with van der Waals surface area (Å²) in [5.74, 6) is 0. The van der Waals surface area contributed by atoms with Crippen molar-refractivity contribution >= 4 is 7.82 Å². The van der Waals surface area contributed by atoms with Crippen LogP contribution in [-0.4, -0.2) is 6.10 Å². The molecule has 0 saturated carbocycles. The Labute approximate surface area is 247 Å². The van der Waals surface area contributed by atoms with Gasteiger partial charge >= 0.3 is 103 Å². The first-order chi connectivity index (χ1) is 11.5. The quantitative estimate of drug-likeness (QED) is 0.163. The van der Waals surface area contributed by atoms with Crippen molar-refractivity contribution in [1.82, 2.24) is 0 Å². The van der Waals surface area contributed by atoms with Crippen molar-refractivity contribution in [2.45, 2.75) is 123 Å². The normalized spacial score (nSPS) is 12.3. The predicted molar refractivity (Wildman–Crippen MR) is 97.7 cm³/mol. The SMILES string of the molecule is CCCCCCCCCCCCCCCC(CCC)OP(=O)([O-])[O-].[K+].[K+]. The number of phosphoric acid groups is 1. The first kappa shape index (κ1) is 34.0. The predicted octanol–water partition coefficient (Wildman–Crippen LogP) is -0.510. The van der Waals surface area contributed by atoms with Gasteiger partial charge in [-0.1, -0.05) is 104 Å². The topological polar surface area (TPSA) is 72.4 Å². The zero-order valence-electron chi connectivity index (χ0n) is 18.0. The fourth-order valence-electron chi connectivity index (χ4n) is 3.14. The van der Waals surface area contributed by atoms with Gasteiger partial charge in [-0.05, 0) is 12.8 Å². The Hall–Kier alpha value is 3.38. The Morgan fingerprint density at radius 3 is 1.38 bits per heavy atom. The maximum atomic E-state index is 10.7. The van der Waals surface area contributed by atoms with Crippen LogP contribution in [0.1, 0.15) is 117 Å². The van der Waals surface area contributed by atoms with Gasteiger partial charge < -0.3 is 18.9 Å². The Kier molecular flexibility index (Phi) is 32.2. The first-order valence-corrected chi connectivity index (χ1v) is 11.7. The summed E-state index contributed by atoms with van der Waals surface area (Å²) >= 11 is 0. The van der Waals surface area contributed by atoms with E-state index in [4.69, 9.17) is 0 Å². The summed E-state index contributed by atoms with van der Waals surface area (Å²) in [5, 5.41) is 0. The van der Waals surface area contributed by atoms with E-state index in [1.54, 1.807) is 0 Å². The molecule has 0 aliphatic heterocycles. The van der Waals surface area contributed by atoms with Gasteiger partial charge in [-0.25, -0.2) is 0 Å². The van der Waals surface area contributed by atoms with Gasteiger partial charge in [0.25, 0.3) is 0 Å². The van der Waals surface area contributed by atoms with Gasteiger partial charge in [0.2, 0.25) is 0 Å². The van der Waals surface area contributed by atoms with E-state index in [-0.39, 0.29) is 103 Å². The third-order valence-electron chi connectivity index (χ3n) is 4.52. The zero-order valence-corrected chi connectivity index (χ0v) is 25.1. The minimum Gasteiger partial charge on any atom is -0.790 e. The smallest absolute Gasteiger partial charge is 0.790 e. The molecule has 0 aliphatic carbocycles. The molecule has 0 aromatic rings. The molecule has 0 aromatic heterocycles. The fourth-order valence-corrected chi connectivity index (χ4v) is 3.72. The molecule has 7 heteroatoms. The van der Waals surface area contributed by atoms with E-state index < -0.39 is 13.9 Å². The van der Waals surface area contributed by atoms with Gasteiger partial charge in [0.05, 0.1) is 13.9 Å². The summed E-state index contributed by atoms with van der Waals surface area (Å²) in [5.41, 5.74) is 0. The maximum absolute atomic E-state index is 10.7. The van der Waals surface area contributed by atoms with Crippen molar-refractivity contribution in [3.8, 4) is 0 Å². The molecule has 26 heavy (non-hydrogen) atoms. The van der Waals surface area contributed by atoms with Crippen LogP contribution < -0.4 is 113 Å². The van der Waals surface area contributed by atoms with Gasteiger partial charge in [0, 0.05) is 0 Å². The summed E-state index contributed by atoms with van der Waals surface area (Å²) in [4.78, 5) is 21.4. The first-order valence-electron chi connectivity index (χ1n) is 10.2. The second kappa shape index (κ2) is 24.7. The minimum atomic E-state index is -4.84. The van der Waals surface area contributed by atoms with Crippen LogP contribution >= 0.6 is 7.82 Å². The van der Waals surface area contributed by atoms with Crippen LogP contribution in [0, 0.1) is 0 Å². The molecule has 0 spiro atoms. The van der Waals surface area contributed by atoms with Crippen LogP contribution in [0.2, 0.25) is 0 Å². The summed E-state index contributed by atoms with van der Waals surface area (Å²) in [6, 6.07) is 0. The molecule has 1 unspecified atom stereocenters. The molecule has 0 rings (SSSR count). The molecule has 0 fully saturated rings. The largest absolute Gasteiger partial charge is 1.00 e. The Morgan fingerprint density at radius 2 is 1.04 bits per heavy atom. The van der Waals surface area contributed by atoms with E-state index in [1.165, 1.54) is 70.6 Å². The van der Waals surface area contributed by atoms with Crippen molar-refractivity contribution in [1.29, 1.82) is 0 Å². The number of unbranched alkanes of at least 4 members (excludes halogenated alkanes) is 12. The molecule has 4 nitrogen and oxygen atoms in total. The molecule has 1 atom stereocenters. The van der Waals surface area contributed by atoms with E-state index in [0.717, 1.165) is 19.3 Å². The molecule has 0 saturated heterocycles. The van der Waals surface area contributed by atoms with Crippen LogP contribution in [0.3, 0.4) is 0 Å². The van der Waals surface area contributed by atoms with Crippen LogP contribution in [0.25, 0.3) is 0 Å². The van der Waals surface area contributed by atoms with Gasteiger partial charge in [0.1, 0.15) is 0 Å². The summed E-state index contributed by atoms with van der Waals surface area (Å²) < 4.78 is 15.3. The van der Waals surface area contributed by atoms with E-state index in [0.29, 0.717) is 12.8 Å². The minimum absolute atomic E-state index is 0. The second-order valence-corrected chi connectivity index (χ2v) is 8.10. The Morgan fingerprint density at radius 1 is 0.654 bits per heavy atom. The monoisotopic (exact) mass is 440 g/mol. The fraction of sp³-hybridized carbons (Fsp3) is 1.00. The van der Waals surface area contributed by atoms with Gasteiger partial charge in [-0.3, -0.25) is 0 Å². The van der Waals surface area contributed by atoms with Gasteiger partial charge in [0.15, 0.2) is 0 Å². The summed E-state index contributed by atoms with van der Waals surface area (Å²) in [7, 11) is -4.84. The van der Waals surface area contributed by atoms with Gasteiger partial charge in [-0.15, -0.1) is 0 Å². The number of rotatable bonds is 18. The van der Waals surface area contributed by atoms with Crippen LogP contribution in [-0.2, 0) is 9.09 Å². The van der Waals surface area contributed by atoms with Crippen molar-refractivity contribution in [2.24, 2.45) is 0 Å². The third kappa shape index (κ3) is 27.4. The van der Waals surface area contributed by atoms with E-state index in [1.807, 2.05) is 6.92 Å². The molecular weight excluding hydrogens is 401 g/mol. The average Bonchev–Trinajstić information content (AvgIpc) is 2.50. The molecule has 0 amide bonds. The number of hydrogen-bond acceptors (Lipinski definition) is 4. The van der Waals surface area contributed by atoms with E-state index in [9.17, 15) is 14.4 Å². The molecule has 0 aliphatic rings. The van der Waals surface area contributed by atoms with Crippen molar-refractivity contribution in [3.05, 3.63) is 0 Å². The molecule has 146 valence electrons. The molecule has 0 heterocycles. The molecular formula is C19H39K2O4P. The van der Waals surface area contributed by atoms with E-state index in [2.05, 4.69) is 11.4 Å². The molecule has 0 aromatic carbocycles. The van der Waals surface area contributed by atoms with E-state index >= 15 is 0 Å². The van der Waals surface area contributed by atoms with Crippen LogP contribution in [0.5, 0.6) is 0 Å². The summed E-state index contributed by atoms with van der Waals surface area (Å²) in [6.07, 6.45) is 18.5. The zero-order chi connectivity index (χ0) is 18.1. The van der Waals surface area contributed by atoms with Gasteiger partial charge in [-0.2, -0.15) is 0 Å². The molecule has 0 bridgehead atoms. The number of phosphoric ester groups is 1. The van der Waals surface area contributed by atoms with Crippen molar-refractivity contribution in [2.75, 3.05) is 0 Å². The van der Waals surface area contributed by atoms with Crippen molar-refractivity contribution in [3.63, 3.8) is 0 Å². The van der Waals surface area contributed by atoms with Crippen molar-refractivity contribution < 1.29 is 122 Å². The molecule has 0 N–H and O–H groups in total. The Bertz CT molecular complexity index is 314. The standard InChI is InChI=1S/C19H41O4P.2K/c1-3-5-6-7-8-9-10-11-12-13-14-15-16-18-19(17-4-2)23-24(20,21)22;;/h19H,3-18H2,1-2H3,(H2,20,21,22);;/q;2*+1/p-2. The third-order valence-corrected chi connectivity index (χ3v) is 5.07. The molecule has 0 radical (unpaired) electrons. The Balaban J connectivity index is -0.00000264. The second-order valence-electron chi connectivity index (χ2n) is 6.99. The van der Waals surface area contributed by atoms with Crippen LogP contribution in [0.15, 0.2) is 0 Å². The summed E-state index contributed by atoms with van der Waals surface area (Å²) in [6.45, 7) is 4.23. The van der Waals surface area contributed by atoms with Crippen LogP contribution in [0.4, 0.5) is 0 Å². The maximum Gasteiger partial charge on any atom is 1.00 e. The average molecular weight is 441 g/mol. The number of hydrogen-bond donors (Lipinski definition) is 0.